The Bertz CT molecular complexity index is 1470. The largest absolute Gasteiger partial charge is 0.468 e. The van der Waals surface area contributed by atoms with Gasteiger partial charge in [-0.15, -0.1) is 0 Å². The Morgan fingerprint density at radius 2 is 1.55 bits per heavy atom. The Morgan fingerprint density at radius 3 is 2.07 bits per heavy atom. The molecule has 0 saturated carbocycles. The lowest BCUT2D eigenvalue weighted by molar-refractivity contribution is -0.145. The number of benzene rings is 2. The van der Waals surface area contributed by atoms with Crippen LogP contribution in [-0.4, -0.2) is 77.0 Å². The highest BCUT2D eigenvalue weighted by Crippen LogP contribution is 2.39. The van der Waals surface area contributed by atoms with Gasteiger partial charge in [0.2, 0.25) is 5.78 Å². The highest BCUT2D eigenvalue weighted by Gasteiger charge is 2.45. The number of hydrogen-bond acceptors (Lipinski definition) is 10. The van der Waals surface area contributed by atoms with Crippen LogP contribution in [0.2, 0.25) is 0 Å². The second-order valence-corrected chi connectivity index (χ2v) is 8.54. The molecule has 2 unspecified atom stereocenters. The van der Waals surface area contributed by atoms with Gasteiger partial charge in [-0.2, -0.15) is 4.99 Å². The van der Waals surface area contributed by atoms with Crippen molar-refractivity contribution in [3.63, 3.8) is 0 Å². The van der Waals surface area contributed by atoms with Crippen LogP contribution in [0, 0.1) is 23.3 Å². The van der Waals surface area contributed by atoms with Crippen LogP contribution in [0.25, 0.3) is 6.08 Å². The van der Waals surface area contributed by atoms with Gasteiger partial charge in [0.1, 0.15) is 5.57 Å². The molecule has 224 valence electrons. The maximum Gasteiger partial charge on any atom is 0.341 e. The van der Waals surface area contributed by atoms with E-state index in [2.05, 4.69) is 4.99 Å². The van der Waals surface area contributed by atoms with Crippen molar-refractivity contribution in [1.82, 2.24) is 4.90 Å². The van der Waals surface area contributed by atoms with Gasteiger partial charge in [0, 0.05) is 14.2 Å². The van der Waals surface area contributed by atoms with E-state index in [9.17, 15) is 31.9 Å². The summed E-state index contributed by atoms with van der Waals surface area (Å²) in [6.45, 7) is -0.264. The van der Waals surface area contributed by atoms with E-state index in [0.29, 0.717) is 0 Å². The van der Waals surface area contributed by atoms with E-state index in [1.165, 1.54) is 14.2 Å². The third-order valence-electron chi connectivity index (χ3n) is 6.07. The standard InChI is InChI=1S/C28H26F4N2O8/c1-38-13-21-22(27(37)41-4)23(15-7-9-18(30)20(32)12-15)34(28(33-21)42-5)25(39-2)24(35)16(26(36)40-3)10-14-6-8-17(29)19(31)11-14/h6-12,23,25H,13H2,1-5H3/b16-10-. The summed E-state index contributed by atoms with van der Waals surface area (Å²) in [4.78, 5) is 45.0. The number of aliphatic imine (C=N–C) groups is 1. The molecule has 0 saturated heterocycles. The lowest BCUT2D eigenvalue weighted by atomic mass is 9.92. The van der Waals surface area contributed by atoms with Crippen LogP contribution in [0.5, 0.6) is 0 Å². The fraction of sp³-hybridized carbons (Fsp3) is 0.286. The number of hydrogen-bond donors (Lipinski definition) is 0. The van der Waals surface area contributed by atoms with Gasteiger partial charge in [0.15, 0.2) is 29.5 Å². The molecule has 0 fully saturated rings. The Hall–Kier alpha value is -4.56. The van der Waals surface area contributed by atoms with Crippen LogP contribution in [0.15, 0.2) is 58.2 Å². The number of methoxy groups -OCH3 is 5. The molecule has 2 aromatic carbocycles. The Balaban J connectivity index is 2.29. The number of rotatable bonds is 10. The Labute approximate surface area is 237 Å². The molecule has 3 rings (SSSR count). The van der Waals surface area contributed by atoms with Gasteiger partial charge in [-0.25, -0.2) is 27.2 Å². The van der Waals surface area contributed by atoms with Crippen LogP contribution in [0.1, 0.15) is 17.2 Å². The molecule has 0 spiro atoms. The van der Waals surface area contributed by atoms with Crippen molar-refractivity contribution in [3.05, 3.63) is 87.6 Å². The van der Waals surface area contributed by atoms with Crippen molar-refractivity contribution in [2.24, 2.45) is 4.99 Å². The van der Waals surface area contributed by atoms with Crippen molar-refractivity contribution >= 4 is 29.8 Å². The van der Waals surface area contributed by atoms with E-state index in [0.717, 1.165) is 68.7 Å². The molecule has 14 heteroatoms. The van der Waals surface area contributed by atoms with Crippen molar-refractivity contribution < 1.29 is 55.6 Å². The zero-order valence-electron chi connectivity index (χ0n) is 23.1. The number of carbonyl (C=O) groups excluding carboxylic acids is 3. The molecule has 42 heavy (non-hydrogen) atoms. The summed E-state index contributed by atoms with van der Waals surface area (Å²) in [5, 5.41) is 0. The molecule has 0 amide bonds. The molecule has 2 atom stereocenters. The number of esters is 2. The number of amidine groups is 1. The number of ketones is 1. The molecule has 0 aromatic heterocycles. The van der Waals surface area contributed by atoms with Crippen LogP contribution in [0.4, 0.5) is 17.6 Å². The van der Waals surface area contributed by atoms with E-state index in [1.807, 2.05) is 0 Å². The van der Waals surface area contributed by atoms with Gasteiger partial charge in [-0.1, -0.05) is 12.1 Å². The SMILES string of the molecule is COCC1=C(C(=O)OC)C(c2ccc(F)c(F)c2)N(C(OC)C(=O)/C(=C/c2ccc(F)c(F)c2)C(=O)OC)C(OC)=N1. The smallest absolute Gasteiger partial charge is 0.341 e. The minimum atomic E-state index is -1.85. The molecule has 0 N–H and O–H groups in total. The third kappa shape index (κ3) is 6.50. The van der Waals surface area contributed by atoms with Gasteiger partial charge in [-0.3, -0.25) is 9.69 Å². The summed E-state index contributed by atoms with van der Waals surface area (Å²) in [7, 11) is 5.63. The minimum Gasteiger partial charge on any atom is -0.468 e. The van der Waals surface area contributed by atoms with Crippen LogP contribution >= 0.6 is 0 Å². The number of halogens is 4. The van der Waals surface area contributed by atoms with E-state index in [4.69, 9.17) is 23.7 Å². The lowest BCUT2D eigenvalue weighted by Crippen LogP contribution is -2.52. The summed E-state index contributed by atoms with van der Waals surface area (Å²) in [6, 6.07) is 3.57. The van der Waals surface area contributed by atoms with Crippen molar-refractivity contribution in [2.45, 2.75) is 12.3 Å². The fourth-order valence-corrected chi connectivity index (χ4v) is 4.21. The van der Waals surface area contributed by atoms with E-state index < -0.39 is 58.8 Å². The van der Waals surface area contributed by atoms with E-state index >= 15 is 0 Å². The molecule has 1 heterocycles. The van der Waals surface area contributed by atoms with Crippen molar-refractivity contribution in [3.8, 4) is 0 Å². The second kappa shape index (κ2) is 13.9. The summed E-state index contributed by atoms with van der Waals surface area (Å²) >= 11 is 0. The first-order valence-corrected chi connectivity index (χ1v) is 12.0. The van der Waals surface area contributed by atoms with Gasteiger partial charge in [0.25, 0.3) is 6.02 Å². The maximum atomic E-state index is 14.5. The zero-order valence-corrected chi connectivity index (χ0v) is 23.1. The zero-order chi connectivity index (χ0) is 31.1. The molecular weight excluding hydrogens is 568 g/mol. The quantitative estimate of drug-likeness (QED) is 0.134. The van der Waals surface area contributed by atoms with Crippen LogP contribution in [-0.2, 0) is 38.1 Å². The summed E-state index contributed by atoms with van der Waals surface area (Å²) in [5.41, 5.74) is -1.09. The lowest BCUT2D eigenvalue weighted by Gasteiger charge is -2.40. The molecule has 0 bridgehead atoms. The third-order valence-corrected chi connectivity index (χ3v) is 6.07. The van der Waals surface area contributed by atoms with Gasteiger partial charge < -0.3 is 23.7 Å². The van der Waals surface area contributed by atoms with Gasteiger partial charge in [-0.05, 0) is 41.5 Å². The van der Waals surface area contributed by atoms with Gasteiger partial charge in [0.05, 0.1) is 45.2 Å². The first kappa shape index (κ1) is 32.0. The summed E-state index contributed by atoms with van der Waals surface area (Å²) in [5.74, 6) is -8.12. The molecule has 2 aromatic rings. The summed E-state index contributed by atoms with van der Waals surface area (Å²) in [6.07, 6.45) is -0.905. The molecule has 0 radical (unpaired) electrons. The number of carbonyl (C=O) groups is 3. The monoisotopic (exact) mass is 594 g/mol. The number of Topliss-reactive ketones (excluding diaryl/α,β-unsaturated/α-hetero) is 1. The molecule has 0 aliphatic carbocycles. The fourth-order valence-electron chi connectivity index (χ4n) is 4.21. The average molecular weight is 595 g/mol. The average Bonchev–Trinajstić information content (AvgIpc) is 2.98. The number of nitrogens with zero attached hydrogens (tertiary/aromatic N) is 2. The van der Waals surface area contributed by atoms with Gasteiger partial charge >= 0.3 is 11.9 Å². The van der Waals surface area contributed by atoms with Crippen molar-refractivity contribution in [1.29, 1.82) is 0 Å². The Kier molecular flexibility index (Phi) is 10.6. The first-order chi connectivity index (χ1) is 20.0. The maximum absolute atomic E-state index is 14.5. The van der Waals surface area contributed by atoms with E-state index in [-0.39, 0.29) is 35.0 Å². The van der Waals surface area contributed by atoms with Crippen molar-refractivity contribution in [2.75, 3.05) is 42.2 Å². The van der Waals surface area contributed by atoms with Crippen LogP contribution < -0.4 is 0 Å². The number of ether oxygens (including phenoxy) is 5. The molecule has 10 nitrogen and oxygen atoms in total. The highest BCUT2D eigenvalue weighted by molar-refractivity contribution is 6.22. The minimum absolute atomic E-state index is 0.0278. The molecule has 1 aliphatic rings. The highest BCUT2D eigenvalue weighted by atomic mass is 19.2. The second-order valence-electron chi connectivity index (χ2n) is 8.54. The predicted octanol–water partition coefficient (Wildman–Crippen LogP) is 3.47. The normalized spacial score (nSPS) is 16.1. The molecular formula is C28H26F4N2O8. The first-order valence-electron chi connectivity index (χ1n) is 12.0. The summed E-state index contributed by atoms with van der Waals surface area (Å²) < 4.78 is 81.5. The topological polar surface area (TPSA) is 113 Å². The molecule has 1 aliphatic heterocycles. The van der Waals surface area contributed by atoms with E-state index in [1.54, 1.807) is 0 Å². The Morgan fingerprint density at radius 1 is 0.905 bits per heavy atom. The van der Waals surface area contributed by atoms with Crippen LogP contribution in [0.3, 0.4) is 0 Å². The predicted molar refractivity (Wildman–Crippen MR) is 138 cm³/mol.